The van der Waals surface area contributed by atoms with Crippen molar-refractivity contribution in [1.29, 1.82) is 5.26 Å². The molecule has 4 rings (SSSR count). The van der Waals surface area contributed by atoms with Crippen LogP contribution in [0.15, 0.2) is 72.3 Å². The number of nitrogens with zero attached hydrogens (tertiary/aromatic N) is 3. The number of aliphatic hydroxyl groups is 1. The van der Waals surface area contributed by atoms with E-state index in [0.717, 1.165) is 10.7 Å². The predicted octanol–water partition coefficient (Wildman–Crippen LogP) is 5.46. The van der Waals surface area contributed by atoms with Gasteiger partial charge in [0, 0.05) is 11.6 Å². The number of aliphatic hydroxyl groups excluding tert-OH is 1. The molecule has 1 heterocycles. The zero-order chi connectivity index (χ0) is 25.2. The summed E-state index contributed by atoms with van der Waals surface area (Å²) >= 11 is 0. The Balaban J connectivity index is 1.69. The van der Waals surface area contributed by atoms with Gasteiger partial charge in [-0.05, 0) is 42.2 Å². The van der Waals surface area contributed by atoms with Crippen LogP contribution < -0.4 is 5.32 Å². The molecule has 1 aliphatic carbocycles. The smallest absolute Gasteiger partial charge is 0.384 e. The first-order chi connectivity index (χ1) is 16.7. The van der Waals surface area contributed by atoms with Gasteiger partial charge in [-0.15, -0.1) is 0 Å². The van der Waals surface area contributed by atoms with Crippen molar-refractivity contribution in [3.05, 3.63) is 101 Å². The molecule has 10 heteroatoms. The number of nitrogens with one attached hydrogen (secondary N) is 1. The van der Waals surface area contributed by atoms with E-state index in [1.807, 2.05) is 6.07 Å². The highest BCUT2D eigenvalue weighted by molar-refractivity contribution is 6.04. The van der Waals surface area contributed by atoms with E-state index >= 15 is 0 Å². The van der Waals surface area contributed by atoms with Crippen molar-refractivity contribution in [3.63, 3.8) is 0 Å². The van der Waals surface area contributed by atoms with E-state index in [0.29, 0.717) is 30.0 Å². The number of amides is 1. The van der Waals surface area contributed by atoms with Crippen LogP contribution in [0.25, 0.3) is 5.70 Å². The molecule has 0 fully saturated rings. The molecule has 1 amide bonds. The van der Waals surface area contributed by atoms with Crippen molar-refractivity contribution in [3.8, 4) is 6.07 Å². The number of hydrogen-bond acceptors (Lipinski definition) is 4. The van der Waals surface area contributed by atoms with E-state index in [1.165, 1.54) is 18.2 Å². The number of carbonyl (C=O) groups excluding carboxylic acids is 1. The fraction of sp³-hybridized carbons (Fsp3) is 0.160. The lowest BCUT2D eigenvalue weighted by molar-refractivity contribution is -0.141. The fourth-order valence-corrected chi connectivity index (χ4v) is 3.62. The van der Waals surface area contributed by atoms with Crippen LogP contribution in [0.2, 0.25) is 0 Å². The van der Waals surface area contributed by atoms with Crippen LogP contribution in [0.3, 0.4) is 0 Å². The number of nitriles is 1. The molecule has 1 atom stereocenters. The number of rotatable bonds is 5. The highest BCUT2D eigenvalue weighted by atomic mass is 19.4. The Morgan fingerprint density at radius 2 is 1.89 bits per heavy atom. The Morgan fingerprint density at radius 1 is 1.14 bits per heavy atom. The van der Waals surface area contributed by atoms with Crippen molar-refractivity contribution >= 4 is 17.3 Å². The summed E-state index contributed by atoms with van der Waals surface area (Å²) in [4.78, 5) is 13.0. The SMILES string of the molecule is N#CC1=CC(n2nc(C(F)(F)F)cc2C(=O)Nc2cc(C(O)c3ccccc3)ccc2F)=CCC1. The number of hydrogen-bond donors (Lipinski definition) is 2. The monoisotopic (exact) mass is 482 g/mol. The molecular formula is C25H18F4N4O2. The molecule has 3 aromatic rings. The van der Waals surface area contributed by atoms with Crippen LogP contribution >= 0.6 is 0 Å². The lowest BCUT2D eigenvalue weighted by Gasteiger charge is -2.15. The van der Waals surface area contributed by atoms with Crippen molar-refractivity contribution in [2.75, 3.05) is 5.32 Å². The van der Waals surface area contributed by atoms with Crippen LogP contribution in [0.4, 0.5) is 23.2 Å². The van der Waals surface area contributed by atoms with Crippen molar-refractivity contribution in [2.45, 2.75) is 25.1 Å². The molecule has 1 unspecified atom stereocenters. The first-order valence-corrected chi connectivity index (χ1v) is 10.5. The van der Waals surface area contributed by atoms with Crippen LogP contribution in [0, 0.1) is 17.1 Å². The largest absolute Gasteiger partial charge is 0.435 e. The van der Waals surface area contributed by atoms with Crippen LogP contribution in [0.1, 0.15) is 46.3 Å². The number of alkyl halides is 3. The Bertz CT molecular complexity index is 1370. The standard InChI is InChI=1S/C25H18F4N4O2/c26-19-10-9-17(23(34)16-6-2-1-3-7-16)12-20(19)31-24(35)21-13-22(25(27,28)29)32-33(21)18-8-4-5-15(11-18)14-30/h1-3,6-13,23,34H,4-5H2,(H,31,35). The highest BCUT2D eigenvalue weighted by Crippen LogP contribution is 2.32. The lowest BCUT2D eigenvalue weighted by Crippen LogP contribution is -2.18. The van der Waals surface area contributed by atoms with Gasteiger partial charge in [0.25, 0.3) is 5.91 Å². The molecule has 2 N–H and O–H groups in total. The fourth-order valence-electron chi connectivity index (χ4n) is 3.62. The van der Waals surface area contributed by atoms with Gasteiger partial charge in [-0.25, -0.2) is 9.07 Å². The summed E-state index contributed by atoms with van der Waals surface area (Å²) in [7, 11) is 0. The normalized spacial score (nSPS) is 14.5. The molecule has 2 aromatic carbocycles. The Labute approximate surface area is 197 Å². The van der Waals surface area contributed by atoms with Gasteiger partial charge in [0.15, 0.2) is 5.69 Å². The van der Waals surface area contributed by atoms with Gasteiger partial charge >= 0.3 is 6.18 Å². The maximum absolute atomic E-state index is 14.5. The third kappa shape index (κ3) is 5.15. The molecule has 35 heavy (non-hydrogen) atoms. The van der Waals surface area contributed by atoms with Gasteiger partial charge in [-0.3, -0.25) is 4.79 Å². The number of halogens is 4. The molecule has 0 spiro atoms. The summed E-state index contributed by atoms with van der Waals surface area (Å²) < 4.78 is 55.4. The van der Waals surface area contributed by atoms with Crippen molar-refractivity contribution in [1.82, 2.24) is 9.78 Å². The molecule has 178 valence electrons. The summed E-state index contributed by atoms with van der Waals surface area (Å²) in [5.74, 6) is -1.88. The van der Waals surface area contributed by atoms with Gasteiger partial charge in [-0.1, -0.05) is 42.5 Å². The van der Waals surface area contributed by atoms with Crippen molar-refractivity contribution < 1.29 is 27.5 Å². The molecular weight excluding hydrogens is 464 g/mol. The third-order valence-corrected chi connectivity index (χ3v) is 5.38. The second-order valence-electron chi connectivity index (χ2n) is 7.78. The topological polar surface area (TPSA) is 90.9 Å². The average Bonchev–Trinajstić information content (AvgIpc) is 3.32. The minimum absolute atomic E-state index is 0.127. The first-order valence-electron chi connectivity index (χ1n) is 10.5. The van der Waals surface area contributed by atoms with Gasteiger partial charge in [0.1, 0.15) is 17.6 Å². The van der Waals surface area contributed by atoms with E-state index in [1.54, 1.807) is 36.4 Å². The van der Waals surface area contributed by atoms with Crippen LogP contribution in [-0.4, -0.2) is 20.8 Å². The van der Waals surface area contributed by atoms with Crippen LogP contribution in [0.5, 0.6) is 0 Å². The quantitative estimate of drug-likeness (QED) is 0.473. The lowest BCUT2D eigenvalue weighted by atomic mass is 10.0. The van der Waals surface area contributed by atoms with E-state index < -0.39 is 35.4 Å². The predicted molar refractivity (Wildman–Crippen MR) is 119 cm³/mol. The number of benzene rings is 2. The molecule has 0 saturated heterocycles. The summed E-state index contributed by atoms with van der Waals surface area (Å²) in [5, 5.41) is 25.5. The molecule has 1 aromatic heterocycles. The Hall–Kier alpha value is -4.23. The number of carbonyl (C=O) groups is 1. The highest BCUT2D eigenvalue weighted by Gasteiger charge is 2.36. The second-order valence-corrected chi connectivity index (χ2v) is 7.78. The molecule has 0 bridgehead atoms. The zero-order valence-electron chi connectivity index (χ0n) is 18.1. The maximum Gasteiger partial charge on any atom is 0.435 e. The number of anilines is 1. The molecule has 6 nitrogen and oxygen atoms in total. The minimum Gasteiger partial charge on any atom is -0.384 e. The Kier molecular flexibility index (Phi) is 6.53. The summed E-state index contributed by atoms with van der Waals surface area (Å²) in [6.45, 7) is 0. The summed E-state index contributed by atoms with van der Waals surface area (Å²) in [5.41, 5.74) is -0.867. The van der Waals surface area contributed by atoms with Crippen molar-refractivity contribution in [2.24, 2.45) is 0 Å². The zero-order valence-corrected chi connectivity index (χ0v) is 18.1. The van der Waals surface area contributed by atoms with Crippen LogP contribution in [-0.2, 0) is 6.18 Å². The first kappa shape index (κ1) is 23.9. The van der Waals surface area contributed by atoms with E-state index in [2.05, 4.69) is 10.4 Å². The van der Waals surface area contributed by atoms with Gasteiger partial charge in [-0.2, -0.15) is 23.5 Å². The summed E-state index contributed by atoms with van der Waals surface area (Å²) in [6, 6.07) is 14.7. The minimum atomic E-state index is -4.83. The molecule has 1 aliphatic rings. The van der Waals surface area contributed by atoms with Gasteiger partial charge < -0.3 is 10.4 Å². The average molecular weight is 482 g/mol. The third-order valence-electron chi connectivity index (χ3n) is 5.38. The van der Waals surface area contributed by atoms with Gasteiger partial charge in [0.2, 0.25) is 0 Å². The number of aromatic nitrogens is 2. The Morgan fingerprint density at radius 3 is 2.57 bits per heavy atom. The van der Waals surface area contributed by atoms with Gasteiger partial charge in [0.05, 0.1) is 17.5 Å². The molecule has 0 radical (unpaired) electrons. The second kappa shape index (κ2) is 9.56. The van der Waals surface area contributed by atoms with E-state index in [4.69, 9.17) is 5.26 Å². The molecule has 0 saturated carbocycles. The maximum atomic E-state index is 14.5. The van der Waals surface area contributed by atoms with E-state index in [9.17, 15) is 27.5 Å². The number of allylic oxidation sites excluding steroid dienone is 4. The summed E-state index contributed by atoms with van der Waals surface area (Å²) in [6.07, 6.45) is -2.24. The molecule has 0 aliphatic heterocycles. The van der Waals surface area contributed by atoms with E-state index in [-0.39, 0.29) is 16.9 Å².